The Kier molecular flexibility index (Phi) is 9.82. The quantitative estimate of drug-likeness (QED) is 0.431. The SMILES string of the molecule is C=Cc1cc(-c2ncc(SNCC3CCCC3)cn2)oc1C=C.CNC(=O)NC=O. The highest BCUT2D eigenvalue weighted by Gasteiger charge is 2.14. The Balaban J connectivity index is 0.000000396. The number of amides is 3. The van der Waals surface area contributed by atoms with E-state index in [1.807, 2.05) is 23.8 Å². The fraction of sp³-hybridized carbons (Fsp3) is 0.333. The minimum atomic E-state index is -0.491. The van der Waals surface area contributed by atoms with Crippen LogP contribution in [0.25, 0.3) is 23.7 Å². The molecule has 0 spiro atoms. The number of nitrogens with one attached hydrogen (secondary N) is 3. The van der Waals surface area contributed by atoms with Gasteiger partial charge in [-0.1, -0.05) is 32.1 Å². The highest BCUT2D eigenvalue weighted by Crippen LogP contribution is 2.26. The molecule has 0 atom stereocenters. The molecule has 0 aliphatic heterocycles. The van der Waals surface area contributed by atoms with Crippen molar-refractivity contribution in [2.45, 2.75) is 30.6 Å². The Labute approximate surface area is 180 Å². The first-order valence-electron chi connectivity index (χ1n) is 9.64. The zero-order valence-corrected chi connectivity index (χ0v) is 17.8. The van der Waals surface area contributed by atoms with E-state index in [0.29, 0.717) is 23.8 Å². The van der Waals surface area contributed by atoms with E-state index in [2.05, 4.69) is 33.2 Å². The summed E-state index contributed by atoms with van der Waals surface area (Å²) in [4.78, 5) is 29.1. The number of furan rings is 1. The van der Waals surface area contributed by atoms with Gasteiger partial charge < -0.3 is 9.73 Å². The van der Waals surface area contributed by atoms with E-state index in [4.69, 9.17) is 4.42 Å². The molecule has 0 bridgehead atoms. The number of aromatic nitrogens is 2. The molecule has 9 heteroatoms. The third-order valence-corrected chi connectivity index (χ3v) is 5.26. The van der Waals surface area contributed by atoms with Crippen molar-refractivity contribution in [3.63, 3.8) is 0 Å². The Morgan fingerprint density at radius 3 is 2.47 bits per heavy atom. The molecule has 3 N–H and O–H groups in total. The molecule has 0 saturated heterocycles. The maximum atomic E-state index is 9.96. The van der Waals surface area contributed by atoms with Crippen LogP contribution in [0.2, 0.25) is 0 Å². The molecule has 1 fully saturated rings. The molecule has 1 aliphatic carbocycles. The molecule has 1 saturated carbocycles. The van der Waals surface area contributed by atoms with Crippen molar-refractivity contribution in [1.29, 1.82) is 0 Å². The van der Waals surface area contributed by atoms with Crippen LogP contribution in [-0.2, 0) is 4.79 Å². The van der Waals surface area contributed by atoms with Gasteiger partial charge >= 0.3 is 6.03 Å². The van der Waals surface area contributed by atoms with E-state index in [0.717, 1.165) is 22.9 Å². The van der Waals surface area contributed by atoms with Gasteiger partial charge in [0.2, 0.25) is 6.41 Å². The predicted octanol–water partition coefficient (Wildman–Crippen LogP) is 3.88. The molecular formula is C21H27N5O3S. The molecule has 8 nitrogen and oxygen atoms in total. The Bertz CT molecular complexity index is 819. The maximum Gasteiger partial charge on any atom is 0.320 e. The van der Waals surface area contributed by atoms with Gasteiger partial charge in [-0.25, -0.2) is 14.8 Å². The predicted molar refractivity (Wildman–Crippen MR) is 119 cm³/mol. The van der Waals surface area contributed by atoms with E-state index < -0.39 is 6.03 Å². The lowest BCUT2D eigenvalue weighted by Gasteiger charge is -2.09. The molecular weight excluding hydrogens is 402 g/mol. The molecule has 0 radical (unpaired) electrons. The Morgan fingerprint density at radius 1 is 1.27 bits per heavy atom. The lowest BCUT2D eigenvalue weighted by atomic mass is 10.1. The van der Waals surface area contributed by atoms with Crippen LogP contribution in [0.5, 0.6) is 0 Å². The average Bonchev–Trinajstić information content (AvgIpc) is 3.44. The van der Waals surface area contributed by atoms with E-state index in [9.17, 15) is 9.59 Å². The standard InChI is InChI=1S/C18H21N3OS.C3H6N2O2/c1-3-14-9-17(22-16(14)4-2)18-19-11-15(12-20-18)23-21-10-13-7-5-6-8-13;1-4-3(7)5-2-6/h3-4,9,11-13,21H,1-2,5-8,10H2;2H,1H3,(H2,4,5,6,7). The van der Waals surface area contributed by atoms with Crippen molar-refractivity contribution in [1.82, 2.24) is 25.3 Å². The summed E-state index contributed by atoms with van der Waals surface area (Å²) in [7, 11) is 1.43. The monoisotopic (exact) mass is 429 g/mol. The third-order valence-electron chi connectivity index (χ3n) is 4.50. The van der Waals surface area contributed by atoms with Crippen LogP contribution in [0, 0.1) is 5.92 Å². The van der Waals surface area contributed by atoms with Crippen LogP contribution in [0.4, 0.5) is 4.79 Å². The largest absolute Gasteiger partial charge is 0.453 e. The molecule has 3 amide bonds. The second-order valence-corrected chi connectivity index (χ2v) is 7.49. The zero-order valence-electron chi connectivity index (χ0n) is 17.0. The van der Waals surface area contributed by atoms with Gasteiger partial charge in [-0.15, -0.1) is 0 Å². The van der Waals surface area contributed by atoms with Crippen molar-refractivity contribution in [2.75, 3.05) is 13.6 Å². The van der Waals surface area contributed by atoms with Gasteiger partial charge in [0.25, 0.3) is 0 Å². The van der Waals surface area contributed by atoms with Crippen LogP contribution >= 0.6 is 11.9 Å². The van der Waals surface area contributed by atoms with Crippen LogP contribution < -0.4 is 15.4 Å². The zero-order chi connectivity index (χ0) is 21.8. The maximum absolute atomic E-state index is 9.96. The summed E-state index contributed by atoms with van der Waals surface area (Å²) in [5.74, 6) is 2.71. The minimum absolute atomic E-state index is 0.318. The molecule has 160 valence electrons. The van der Waals surface area contributed by atoms with Gasteiger partial charge in [0.1, 0.15) is 5.76 Å². The van der Waals surface area contributed by atoms with Crippen molar-refractivity contribution < 1.29 is 14.0 Å². The summed E-state index contributed by atoms with van der Waals surface area (Å²) in [6.07, 6.45) is 12.8. The van der Waals surface area contributed by atoms with Gasteiger partial charge in [-0.05, 0) is 42.8 Å². The summed E-state index contributed by atoms with van der Waals surface area (Å²) in [5, 5.41) is 4.05. The van der Waals surface area contributed by atoms with Crippen LogP contribution in [-0.4, -0.2) is 36.0 Å². The molecule has 0 unspecified atom stereocenters. The second-order valence-electron chi connectivity index (χ2n) is 6.52. The lowest BCUT2D eigenvalue weighted by molar-refractivity contribution is -0.108. The fourth-order valence-corrected chi connectivity index (χ4v) is 3.62. The summed E-state index contributed by atoms with van der Waals surface area (Å²) in [5.41, 5.74) is 0.898. The van der Waals surface area contributed by atoms with Crippen LogP contribution in [0.1, 0.15) is 37.0 Å². The minimum Gasteiger partial charge on any atom is -0.453 e. The van der Waals surface area contributed by atoms with Gasteiger partial charge in [-0.3, -0.25) is 14.8 Å². The number of hydrogen-bond donors (Lipinski definition) is 3. The van der Waals surface area contributed by atoms with Crippen molar-refractivity contribution in [3.8, 4) is 11.6 Å². The first-order chi connectivity index (χ1) is 14.6. The Morgan fingerprint density at radius 2 is 1.97 bits per heavy atom. The van der Waals surface area contributed by atoms with Gasteiger partial charge in [-0.2, -0.15) is 0 Å². The molecule has 1 aliphatic rings. The average molecular weight is 430 g/mol. The molecule has 30 heavy (non-hydrogen) atoms. The molecule has 0 aromatic carbocycles. The normalized spacial score (nSPS) is 13.1. The Hall–Kier alpha value is -2.91. The number of carbonyl (C=O) groups excluding carboxylic acids is 2. The first-order valence-corrected chi connectivity index (χ1v) is 10.5. The number of imide groups is 1. The summed E-state index contributed by atoms with van der Waals surface area (Å²) < 4.78 is 9.11. The lowest BCUT2D eigenvalue weighted by Crippen LogP contribution is -2.31. The van der Waals surface area contributed by atoms with Crippen molar-refractivity contribution in [3.05, 3.63) is 42.9 Å². The van der Waals surface area contributed by atoms with Crippen molar-refractivity contribution in [2.24, 2.45) is 5.92 Å². The highest BCUT2D eigenvalue weighted by molar-refractivity contribution is 7.97. The number of nitrogens with zero attached hydrogens (tertiary/aromatic N) is 2. The van der Waals surface area contributed by atoms with E-state index in [1.54, 1.807) is 24.1 Å². The molecule has 3 rings (SSSR count). The third kappa shape index (κ3) is 7.16. The molecule has 2 heterocycles. The summed E-state index contributed by atoms with van der Waals surface area (Å²) >= 11 is 1.59. The van der Waals surface area contributed by atoms with Crippen LogP contribution in [0.3, 0.4) is 0 Å². The topological polar surface area (TPSA) is 109 Å². The smallest absolute Gasteiger partial charge is 0.320 e. The van der Waals surface area contributed by atoms with Gasteiger partial charge in [0.15, 0.2) is 11.6 Å². The second kappa shape index (κ2) is 12.6. The first kappa shape index (κ1) is 23.4. The van der Waals surface area contributed by atoms with Crippen LogP contribution in [0.15, 0.2) is 40.9 Å². The van der Waals surface area contributed by atoms with Gasteiger partial charge in [0, 0.05) is 31.5 Å². The van der Waals surface area contributed by atoms with E-state index in [1.165, 1.54) is 32.7 Å². The number of hydrogen-bond acceptors (Lipinski definition) is 7. The summed E-state index contributed by atoms with van der Waals surface area (Å²) in [6.45, 7) is 8.55. The molecule has 2 aromatic rings. The van der Waals surface area contributed by atoms with E-state index in [-0.39, 0.29) is 0 Å². The van der Waals surface area contributed by atoms with Crippen molar-refractivity contribution >= 4 is 36.5 Å². The highest BCUT2D eigenvalue weighted by atomic mass is 32.2. The number of carbonyl (C=O) groups is 2. The fourth-order valence-electron chi connectivity index (χ4n) is 2.93. The number of rotatable bonds is 8. The molecule has 2 aromatic heterocycles. The number of urea groups is 1. The van der Waals surface area contributed by atoms with E-state index >= 15 is 0 Å². The van der Waals surface area contributed by atoms with Gasteiger partial charge in [0.05, 0.1) is 4.90 Å². The summed E-state index contributed by atoms with van der Waals surface area (Å²) in [6, 6.07) is 1.39.